The maximum absolute atomic E-state index is 11.6. The summed E-state index contributed by atoms with van der Waals surface area (Å²) in [4.78, 5) is 22.0. The van der Waals surface area contributed by atoms with E-state index >= 15 is 0 Å². The average Bonchev–Trinajstić information content (AvgIpc) is 2.24. The monoisotopic (exact) mass is 231 g/mol. The third kappa shape index (κ3) is 5.70. The number of aliphatic hydroxyl groups is 1. The van der Waals surface area contributed by atoms with Gasteiger partial charge in [-0.3, -0.25) is 4.79 Å². The molecule has 1 amide bonds. The van der Waals surface area contributed by atoms with Crippen LogP contribution in [-0.2, 0) is 9.59 Å². The van der Waals surface area contributed by atoms with E-state index in [0.29, 0.717) is 0 Å². The van der Waals surface area contributed by atoms with Crippen LogP contribution in [0.3, 0.4) is 0 Å². The van der Waals surface area contributed by atoms with Crippen molar-refractivity contribution < 1.29 is 19.8 Å². The van der Waals surface area contributed by atoms with E-state index in [2.05, 4.69) is 5.32 Å². The molecule has 0 bridgehead atoms. The SMILES string of the molecule is CCCC(CCC)C(=O)NC[C@H](O)C(=O)O. The summed E-state index contributed by atoms with van der Waals surface area (Å²) in [5, 5.41) is 19.9. The second-order valence-electron chi connectivity index (χ2n) is 3.87. The van der Waals surface area contributed by atoms with Crippen molar-refractivity contribution in [3.63, 3.8) is 0 Å². The molecule has 0 aromatic heterocycles. The number of aliphatic carboxylic acids is 1. The Morgan fingerprint density at radius 2 is 1.69 bits per heavy atom. The zero-order valence-corrected chi connectivity index (χ0v) is 9.90. The molecule has 0 spiro atoms. The number of carboxylic acid groups (broad SMARTS) is 1. The Morgan fingerprint density at radius 1 is 1.19 bits per heavy atom. The Bertz CT molecular complexity index is 224. The number of carbonyl (C=O) groups is 2. The second-order valence-corrected chi connectivity index (χ2v) is 3.87. The standard InChI is InChI=1S/C11H21NO4/c1-3-5-8(6-4-2)10(14)12-7-9(13)11(15)16/h8-9,13H,3-7H2,1-2H3,(H,12,14)(H,15,16)/t9-/m0/s1. The smallest absolute Gasteiger partial charge is 0.334 e. The first kappa shape index (κ1) is 14.9. The van der Waals surface area contributed by atoms with Gasteiger partial charge >= 0.3 is 5.97 Å². The molecule has 94 valence electrons. The van der Waals surface area contributed by atoms with E-state index in [0.717, 1.165) is 25.7 Å². The third-order valence-electron chi connectivity index (χ3n) is 2.40. The van der Waals surface area contributed by atoms with Crippen molar-refractivity contribution in [2.75, 3.05) is 6.54 Å². The van der Waals surface area contributed by atoms with Gasteiger partial charge in [-0.1, -0.05) is 26.7 Å². The minimum absolute atomic E-state index is 0.0732. The summed E-state index contributed by atoms with van der Waals surface area (Å²) >= 11 is 0. The van der Waals surface area contributed by atoms with E-state index in [4.69, 9.17) is 10.2 Å². The summed E-state index contributed by atoms with van der Waals surface area (Å²) in [6.45, 7) is 3.78. The molecule has 0 aromatic carbocycles. The highest BCUT2D eigenvalue weighted by molar-refractivity contribution is 5.80. The predicted molar refractivity (Wildman–Crippen MR) is 60.0 cm³/mol. The zero-order valence-electron chi connectivity index (χ0n) is 9.90. The van der Waals surface area contributed by atoms with Crippen LogP contribution < -0.4 is 5.32 Å². The number of carboxylic acids is 1. The average molecular weight is 231 g/mol. The van der Waals surface area contributed by atoms with Gasteiger partial charge in [-0.15, -0.1) is 0 Å². The summed E-state index contributed by atoms with van der Waals surface area (Å²) in [6.07, 6.45) is 1.90. The Kier molecular flexibility index (Phi) is 7.54. The lowest BCUT2D eigenvalue weighted by atomic mass is 9.97. The van der Waals surface area contributed by atoms with E-state index < -0.39 is 12.1 Å². The molecular formula is C11H21NO4. The first-order valence-electron chi connectivity index (χ1n) is 5.71. The van der Waals surface area contributed by atoms with Crippen molar-refractivity contribution in [2.24, 2.45) is 5.92 Å². The van der Waals surface area contributed by atoms with Gasteiger partial charge in [-0.05, 0) is 12.8 Å². The molecule has 16 heavy (non-hydrogen) atoms. The predicted octanol–water partition coefficient (Wildman–Crippen LogP) is 0.764. The van der Waals surface area contributed by atoms with Gasteiger partial charge in [0.1, 0.15) is 0 Å². The summed E-state index contributed by atoms with van der Waals surface area (Å²) in [5.74, 6) is -1.55. The first-order chi connectivity index (χ1) is 7.52. The van der Waals surface area contributed by atoms with E-state index in [9.17, 15) is 9.59 Å². The van der Waals surface area contributed by atoms with Gasteiger partial charge in [0.05, 0.1) is 6.54 Å². The first-order valence-corrected chi connectivity index (χ1v) is 5.71. The lowest BCUT2D eigenvalue weighted by molar-refractivity contribution is -0.146. The largest absolute Gasteiger partial charge is 0.479 e. The van der Waals surface area contributed by atoms with Gasteiger partial charge in [-0.25, -0.2) is 4.79 Å². The summed E-state index contributed by atoms with van der Waals surface area (Å²) in [6, 6.07) is 0. The van der Waals surface area contributed by atoms with Crippen molar-refractivity contribution in [3.05, 3.63) is 0 Å². The van der Waals surface area contributed by atoms with Crippen molar-refractivity contribution in [2.45, 2.75) is 45.6 Å². The zero-order chi connectivity index (χ0) is 12.6. The Balaban J connectivity index is 4.04. The molecule has 1 atom stereocenters. The number of carbonyl (C=O) groups excluding carboxylic acids is 1. The second kappa shape index (κ2) is 8.10. The molecule has 0 aliphatic rings. The fourth-order valence-electron chi connectivity index (χ4n) is 1.53. The third-order valence-corrected chi connectivity index (χ3v) is 2.40. The minimum Gasteiger partial charge on any atom is -0.479 e. The van der Waals surface area contributed by atoms with Gasteiger partial charge in [0.15, 0.2) is 6.10 Å². The Labute approximate surface area is 95.9 Å². The molecule has 3 N–H and O–H groups in total. The van der Waals surface area contributed by atoms with Crippen LogP contribution in [0.1, 0.15) is 39.5 Å². The van der Waals surface area contributed by atoms with Gasteiger partial charge in [-0.2, -0.15) is 0 Å². The van der Waals surface area contributed by atoms with Crippen LogP contribution in [0.25, 0.3) is 0 Å². The molecule has 0 fully saturated rings. The Morgan fingerprint density at radius 3 is 2.06 bits per heavy atom. The van der Waals surface area contributed by atoms with Crippen LogP contribution in [0.5, 0.6) is 0 Å². The normalized spacial score (nSPS) is 12.5. The topological polar surface area (TPSA) is 86.6 Å². The van der Waals surface area contributed by atoms with E-state index in [-0.39, 0.29) is 18.4 Å². The highest BCUT2D eigenvalue weighted by Gasteiger charge is 2.19. The van der Waals surface area contributed by atoms with Crippen molar-refractivity contribution in [1.29, 1.82) is 0 Å². The summed E-state index contributed by atoms with van der Waals surface area (Å²) < 4.78 is 0. The number of hydrogen-bond donors (Lipinski definition) is 3. The van der Waals surface area contributed by atoms with Crippen molar-refractivity contribution in [3.8, 4) is 0 Å². The summed E-state index contributed by atoms with van der Waals surface area (Å²) in [5.41, 5.74) is 0. The molecule has 0 rings (SSSR count). The lowest BCUT2D eigenvalue weighted by Crippen LogP contribution is -2.39. The van der Waals surface area contributed by atoms with Crippen molar-refractivity contribution >= 4 is 11.9 Å². The highest BCUT2D eigenvalue weighted by atomic mass is 16.4. The molecule has 5 heteroatoms. The van der Waals surface area contributed by atoms with Crippen LogP contribution in [0, 0.1) is 5.92 Å². The molecule has 0 radical (unpaired) electrons. The molecule has 0 saturated carbocycles. The van der Waals surface area contributed by atoms with E-state index in [1.807, 2.05) is 13.8 Å². The number of aliphatic hydroxyl groups excluding tert-OH is 1. The molecule has 0 unspecified atom stereocenters. The van der Waals surface area contributed by atoms with Crippen LogP contribution in [0.2, 0.25) is 0 Å². The van der Waals surface area contributed by atoms with Crippen LogP contribution in [-0.4, -0.2) is 34.7 Å². The molecule has 0 aromatic rings. The molecule has 0 saturated heterocycles. The highest BCUT2D eigenvalue weighted by Crippen LogP contribution is 2.13. The number of hydrogen-bond acceptors (Lipinski definition) is 3. The van der Waals surface area contributed by atoms with E-state index in [1.54, 1.807) is 0 Å². The fraction of sp³-hybridized carbons (Fsp3) is 0.818. The van der Waals surface area contributed by atoms with Gasteiger partial charge in [0, 0.05) is 5.92 Å². The maximum Gasteiger partial charge on any atom is 0.334 e. The van der Waals surface area contributed by atoms with E-state index in [1.165, 1.54) is 0 Å². The van der Waals surface area contributed by atoms with Crippen LogP contribution in [0.15, 0.2) is 0 Å². The molecule has 0 aliphatic carbocycles. The minimum atomic E-state index is -1.52. The molecule has 0 heterocycles. The van der Waals surface area contributed by atoms with Crippen molar-refractivity contribution in [1.82, 2.24) is 5.32 Å². The quantitative estimate of drug-likeness (QED) is 0.575. The number of amides is 1. The Hall–Kier alpha value is -1.10. The number of nitrogens with one attached hydrogen (secondary N) is 1. The summed E-state index contributed by atoms with van der Waals surface area (Å²) in [7, 11) is 0. The van der Waals surface area contributed by atoms with Crippen LogP contribution in [0.4, 0.5) is 0 Å². The maximum atomic E-state index is 11.6. The molecule has 0 aliphatic heterocycles. The molecular weight excluding hydrogens is 210 g/mol. The van der Waals surface area contributed by atoms with Gasteiger partial charge < -0.3 is 15.5 Å². The molecule has 5 nitrogen and oxygen atoms in total. The number of rotatable bonds is 8. The van der Waals surface area contributed by atoms with Gasteiger partial charge in [0.2, 0.25) is 5.91 Å². The fourth-order valence-corrected chi connectivity index (χ4v) is 1.53. The lowest BCUT2D eigenvalue weighted by Gasteiger charge is -2.15. The van der Waals surface area contributed by atoms with Crippen LogP contribution >= 0.6 is 0 Å². The van der Waals surface area contributed by atoms with Gasteiger partial charge in [0.25, 0.3) is 0 Å².